The van der Waals surface area contributed by atoms with Crippen molar-refractivity contribution in [3.8, 4) is 0 Å². The van der Waals surface area contributed by atoms with Gasteiger partial charge in [-0.2, -0.15) is 0 Å². The quantitative estimate of drug-likeness (QED) is 0.834. The Labute approximate surface area is 117 Å². The number of hydrogen-bond donors (Lipinski definition) is 1. The third-order valence-corrected chi connectivity index (χ3v) is 5.21. The van der Waals surface area contributed by atoms with Crippen LogP contribution in [0.2, 0.25) is 0 Å². The van der Waals surface area contributed by atoms with Crippen molar-refractivity contribution in [3.05, 3.63) is 0 Å². The summed E-state index contributed by atoms with van der Waals surface area (Å²) in [6.07, 6.45) is 8.69. The minimum Gasteiger partial charge on any atom is -0.348 e. The predicted octanol–water partition coefficient (Wildman–Crippen LogP) is 3.09. The lowest BCUT2D eigenvalue weighted by molar-refractivity contribution is -0.179. The Kier molecular flexibility index (Phi) is 4.16. The number of ether oxygens (including phenoxy) is 2. The molecule has 0 radical (unpaired) electrons. The molecule has 0 amide bonds. The van der Waals surface area contributed by atoms with Gasteiger partial charge in [-0.3, -0.25) is 0 Å². The molecule has 3 heteroatoms. The molecule has 1 aliphatic heterocycles. The van der Waals surface area contributed by atoms with Crippen LogP contribution < -0.4 is 5.32 Å². The van der Waals surface area contributed by atoms with Crippen molar-refractivity contribution in [1.82, 2.24) is 5.32 Å². The summed E-state index contributed by atoms with van der Waals surface area (Å²) in [6.45, 7) is 6.38. The zero-order chi connectivity index (χ0) is 13.3. The molecule has 19 heavy (non-hydrogen) atoms. The molecule has 0 aromatic carbocycles. The van der Waals surface area contributed by atoms with E-state index in [4.69, 9.17) is 9.47 Å². The number of rotatable bonds is 2. The molecule has 2 atom stereocenters. The van der Waals surface area contributed by atoms with Gasteiger partial charge in [-0.05, 0) is 43.9 Å². The highest BCUT2D eigenvalue weighted by Crippen LogP contribution is 2.36. The summed E-state index contributed by atoms with van der Waals surface area (Å²) in [5.74, 6) is 1.57. The Hall–Kier alpha value is -0.120. The van der Waals surface area contributed by atoms with E-state index in [1.807, 2.05) is 0 Å². The predicted molar refractivity (Wildman–Crippen MR) is 76.0 cm³/mol. The lowest BCUT2D eigenvalue weighted by Gasteiger charge is -2.39. The third kappa shape index (κ3) is 3.32. The fourth-order valence-corrected chi connectivity index (χ4v) is 4.43. The van der Waals surface area contributed by atoms with Gasteiger partial charge in [0.15, 0.2) is 5.79 Å². The van der Waals surface area contributed by atoms with Crippen molar-refractivity contribution >= 4 is 0 Å². The van der Waals surface area contributed by atoms with Gasteiger partial charge in [0.1, 0.15) is 0 Å². The molecule has 2 saturated carbocycles. The van der Waals surface area contributed by atoms with Gasteiger partial charge in [-0.25, -0.2) is 0 Å². The van der Waals surface area contributed by atoms with E-state index in [-0.39, 0.29) is 5.79 Å². The molecule has 1 heterocycles. The molecule has 1 saturated heterocycles. The average molecular weight is 267 g/mol. The van der Waals surface area contributed by atoms with Gasteiger partial charge in [0, 0.05) is 24.9 Å². The first-order valence-corrected chi connectivity index (χ1v) is 8.19. The largest absolute Gasteiger partial charge is 0.348 e. The first-order valence-electron chi connectivity index (χ1n) is 8.19. The second-order valence-electron chi connectivity index (χ2n) is 7.16. The van der Waals surface area contributed by atoms with Crippen molar-refractivity contribution in [2.45, 2.75) is 76.7 Å². The van der Waals surface area contributed by atoms with Crippen LogP contribution in [0.5, 0.6) is 0 Å². The van der Waals surface area contributed by atoms with E-state index in [9.17, 15) is 0 Å². The molecule has 1 spiro atoms. The second kappa shape index (κ2) is 5.71. The van der Waals surface area contributed by atoms with Gasteiger partial charge in [0.2, 0.25) is 0 Å². The molecule has 3 rings (SSSR count). The Morgan fingerprint density at radius 1 is 0.842 bits per heavy atom. The highest BCUT2D eigenvalue weighted by Gasteiger charge is 2.40. The first-order chi connectivity index (χ1) is 9.15. The number of hydrogen-bond acceptors (Lipinski definition) is 3. The average Bonchev–Trinajstić information content (AvgIpc) is 2.80. The molecule has 2 aliphatic carbocycles. The molecule has 1 N–H and O–H groups in total. The molecule has 0 aromatic rings. The van der Waals surface area contributed by atoms with Crippen molar-refractivity contribution < 1.29 is 9.47 Å². The molecular weight excluding hydrogens is 238 g/mol. The monoisotopic (exact) mass is 267 g/mol. The maximum Gasteiger partial charge on any atom is 0.168 e. The summed E-state index contributed by atoms with van der Waals surface area (Å²) in [5, 5.41) is 3.91. The summed E-state index contributed by atoms with van der Waals surface area (Å²) < 4.78 is 11.6. The van der Waals surface area contributed by atoms with Gasteiger partial charge < -0.3 is 14.8 Å². The molecule has 0 bridgehead atoms. The molecule has 3 aliphatic rings. The van der Waals surface area contributed by atoms with E-state index in [0.717, 1.165) is 43.9 Å². The van der Waals surface area contributed by atoms with Crippen molar-refractivity contribution in [1.29, 1.82) is 0 Å². The molecule has 3 nitrogen and oxygen atoms in total. The summed E-state index contributed by atoms with van der Waals surface area (Å²) in [6, 6.07) is 1.42. The van der Waals surface area contributed by atoms with Crippen LogP contribution in [-0.2, 0) is 9.47 Å². The maximum atomic E-state index is 5.80. The zero-order valence-electron chi connectivity index (χ0n) is 12.5. The zero-order valence-corrected chi connectivity index (χ0v) is 12.5. The third-order valence-electron chi connectivity index (χ3n) is 5.21. The Bertz CT molecular complexity index is 281. The van der Waals surface area contributed by atoms with Gasteiger partial charge in [-0.15, -0.1) is 0 Å². The molecule has 3 fully saturated rings. The van der Waals surface area contributed by atoms with E-state index in [1.54, 1.807) is 0 Å². The van der Waals surface area contributed by atoms with E-state index >= 15 is 0 Å². The van der Waals surface area contributed by atoms with Crippen LogP contribution in [0.25, 0.3) is 0 Å². The van der Waals surface area contributed by atoms with Gasteiger partial charge in [0.25, 0.3) is 0 Å². The van der Waals surface area contributed by atoms with Crippen LogP contribution in [0.1, 0.15) is 58.8 Å². The Balaban J connectivity index is 1.46. The minimum atomic E-state index is -0.203. The highest BCUT2D eigenvalue weighted by atomic mass is 16.7. The van der Waals surface area contributed by atoms with Crippen molar-refractivity contribution in [2.75, 3.05) is 13.2 Å². The topological polar surface area (TPSA) is 30.5 Å². The smallest absolute Gasteiger partial charge is 0.168 e. The minimum absolute atomic E-state index is 0.203. The van der Waals surface area contributed by atoms with E-state index in [2.05, 4.69) is 19.2 Å². The lowest BCUT2D eigenvalue weighted by Crippen LogP contribution is -2.47. The molecular formula is C16H29NO2. The normalized spacial score (nSPS) is 39.8. The first kappa shape index (κ1) is 13.8. The highest BCUT2D eigenvalue weighted by molar-refractivity contribution is 4.89. The lowest BCUT2D eigenvalue weighted by atomic mass is 9.79. The van der Waals surface area contributed by atoms with Gasteiger partial charge in [-0.1, -0.05) is 13.8 Å². The maximum absolute atomic E-state index is 5.80. The van der Waals surface area contributed by atoms with Crippen molar-refractivity contribution in [3.63, 3.8) is 0 Å². The van der Waals surface area contributed by atoms with Crippen LogP contribution in [0.4, 0.5) is 0 Å². The Morgan fingerprint density at radius 3 is 2.00 bits per heavy atom. The molecule has 2 unspecified atom stereocenters. The van der Waals surface area contributed by atoms with Gasteiger partial charge >= 0.3 is 0 Å². The van der Waals surface area contributed by atoms with Crippen LogP contribution in [-0.4, -0.2) is 31.1 Å². The molecule has 110 valence electrons. The van der Waals surface area contributed by atoms with E-state index < -0.39 is 0 Å². The van der Waals surface area contributed by atoms with Crippen LogP contribution in [0, 0.1) is 11.8 Å². The number of nitrogens with one attached hydrogen (secondary N) is 1. The van der Waals surface area contributed by atoms with Crippen molar-refractivity contribution in [2.24, 2.45) is 11.8 Å². The van der Waals surface area contributed by atoms with Gasteiger partial charge in [0.05, 0.1) is 13.2 Å². The van der Waals surface area contributed by atoms with E-state index in [0.29, 0.717) is 6.04 Å². The standard InChI is InChI=1S/C16H29NO2/c1-12-9-13(2)11-15(10-12)17-14-3-5-16(6-4-14)18-7-8-19-16/h12-15,17H,3-11H2,1-2H3. The SMILES string of the molecule is CC1CC(C)CC(NC2CCC3(CC2)OCCO3)C1. The van der Waals surface area contributed by atoms with Crippen LogP contribution >= 0.6 is 0 Å². The molecule has 0 aromatic heterocycles. The summed E-state index contributed by atoms with van der Waals surface area (Å²) in [7, 11) is 0. The van der Waals surface area contributed by atoms with Crippen LogP contribution in [0.3, 0.4) is 0 Å². The summed E-state index contributed by atoms with van der Waals surface area (Å²) in [4.78, 5) is 0. The second-order valence-corrected chi connectivity index (χ2v) is 7.16. The van der Waals surface area contributed by atoms with Crippen LogP contribution in [0.15, 0.2) is 0 Å². The summed E-state index contributed by atoms with van der Waals surface area (Å²) >= 11 is 0. The fourth-order valence-electron chi connectivity index (χ4n) is 4.43. The summed E-state index contributed by atoms with van der Waals surface area (Å²) in [5.41, 5.74) is 0. The Morgan fingerprint density at radius 2 is 1.42 bits per heavy atom. The fraction of sp³-hybridized carbons (Fsp3) is 1.00. The van der Waals surface area contributed by atoms with E-state index in [1.165, 1.54) is 32.1 Å².